The number of benzene rings is 2. The predicted octanol–water partition coefficient (Wildman–Crippen LogP) is 2.04. The molecule has 2 aromatic carbocycles. The Morgan fingerprint density at radius 3 is 1.52 bits per heavy atom. The zero-order valence-corrected chi connectivity index (χ0v) is 14.5. The van der Waals surface area contributed by atoms with Crippen LogP contribution in [-0.2, 0) is 0 Å². The predicted molar refractivity (Wildman–Crippen MR) is 100 cm³/mol. The van der Waals surface area contributed by atoms with Gasteiger partial charge in [0.05, 0.1) is 11.1 Å². The summed E-state index contributed by atoms with van der Waals surface area (Å²) in [6.45, 7) is 4.70. The number of anilines is 2. The Hall–Kier alpha value is -3.02. The highest BCUT2D eigenvalue weighted by molar-refractivity contribution is 5.99. The lowest BCUT2D eigenvalue weighted by atomic mass is 9.93. The van der Waals surface area contributed by atoms with Crippen LogP contribution >= 0.6 is 0 Å². The quantitative estimate of drug-likeness (QED) is 0.603. The number of hydrogen-bond acceptors (Lipinski definition) is 4. The molecular weight excluding hydrogens is 316 g/mol. The molecule has 0 aliphatic rings. The topological polar surface area (TPSA) is 110 Å². The van der Waals surface area contributed by atoms with E-state index in [0.29, 0.717) is 35.6 Å². The first kappa shape index (κ1) is 18.3. The van der Waals surface area contributed by atoms with Crippen molar-refractivity contribution in [1.82, 2.24) is 10.6 Å². The molecule has 0 fully saturated rings. The van der Waals surface area contributed by atoms with Crippen LogP contribution < -0.4 is 22.1 Å². The van der Waals surface area contributed by atoms with Crippen molar-refractivity contribution in [2.24, 2.45) is 5.41 Å². The first-order valence-corrected chi connectivity index (χ1v) is 8.05. The van der Waals surface area contributed by atoms with E-state index in [0.717, 1.165) is 0 Å². The second-order valence-corrected chi connectivity index (χ2v) is 6.70. The number of nitrogens with one attached hydrogen (secondary N) is 2. The van der Waals surface area contributed by atoms with Gasteiger partial charge in [0.15, 0.2) is 0 Å². The number of carbonyl (C=O) groups is 2. The van der Waals surface area contributed by atoms with Crippen molar-refractivity contribution in [2.45, 2.75) is 13.8 Å². The van der Waals surface area contributed by atoms with Crippen LogP contribution in [0.3, 0.4) is 0 Å². The van der Waals surface area contributed by atoms with Gasteiger partial charge in [-0.15, -0.1) is 0 Å². The van der Waals surface area contributed by atoms with Gasteiger partial charge in [0.25, 0.3) is 11.8 Å². The fraction of sp³-hybridized carbons (Fsp3) is 0.263. The Kier molecular flexibility index (Phi) is 5.64. The van der Waals surface area contributed by atoms with E-state index in [1.165, 1.54) is 0 Å². The van der Waals surface area contributed by atoms with Gasteiger partial charge in [-0.1, -0.05) is 38.1 Å². The minimum absolute atomic E-state index is 0.232. The minimum Gasteiger partial charge on any atom is -0.398 e. The van der Waals surface area contributed by atoms with Gasteiger partial charge in [-0.05, 0) is 29.7 Å². The van der Waals surface area contributed by atoms with Crippen LogP contribution in [0.1, 0.15) is 34.6 Å². The van der Waals surface area contributed by atoms with Gasteiger partial charge < -0.3 is 22.1 Å². The molecule has 0 unspecified atom stereocenters. The summed E-state index contributed by atoms with van der Waals surface area (Å²) < 4.78 is 0. The van der Waals surface area contributed by atoms with Crippen molar-refractivity contribution >= 4 is 23.2 Å². The molecule has 0 aliphatic heterocycles. The van der Waals surface area contributed by atoms with Gasteiger partial charge in [-0.25, -0.2) is 0 Å². The van der Waals surface area contributed by atoms with Crippen LogP contribution in [0.2, 0.25) is 0 Å². The summed E-state index contributed by atoms with van der Waals surface area (Å²) >= 11 is 0. The Balaban J connectivity index is 1.89. The fourth-order valence-electron chi connectivity index (χ4n) is 2.30. The van der Waals surface area contributed by atoms with Gasteiger partial charge in [-0.3, -0.25) is 9.59 Å². The van der Waals surface area contributed by atoms with Crippen LogP contribution in [-0.4, -0.2) is 24.9 Å². The molecule has 0 heterocycles. The zero-order valence-electron chi connectivity index (χ0n) is 14.5. The van der Waals surface area contributed by atoms with E-state index in [4.69, 9.17) is 11.5 Å². The van der Waals surface area contributed by atoms with E-state index in [-0.39, 0.29) is 17.2 Å². The molecule has 0 aliphatic carbocycles. The molecule has 2 rings (SSSR count). The van der Waals surface area contributed by atoms with Crippen LogP contribution in [0.4, 0.5) is 11.4 Å². The molecule has 2 amide bonds. The lowest BCUT2D eigenvalue weighted by Gasteiger charge is -2.25. The molecule has 0 atom stereocenters. The van der Waals surface area contributed by atoms with Crippen molar-refractivity contribution in [3.05, 3.63) is 59.7 Å². The lowest BCUT2D eigenvalue weighted by Crippen LogP contribution is -2.42. The van der Waals surface area contributed by atoms with Gasteiger partial charge in [0, 0.05) is 24.5 Å². The van der Waals surface area contributed by atoms with Crippen LogP contribution in [0.5, 0.6) is 0 Å². The molecule has 132 valence electrons. The number of para-hydroxylation sites is 2. The number of rotatable bonds is 6. The van der Waals surface area contributed by atoms with Crippen molar-refractivity contribution in [3.8, 4) is 0 Å². The molecule has 0 saturated heterocycles. The molecule has 6 heteroatoms. The number of nitrogens with two attached hydrogens (primary N) is 2. The third-order valence-electron chi connectivity index (χ3n) is 3.87. The van der Waals surface area contributed by atoms with E-state index in [9.17, 15) is 9.59 Å². The van der Waals surface area contributed by atoms with Crippen molar-refractivity contribution in [3.63, 3.8) is 0 Å². The molecule has 2 aromatic rings. The number of hydrogen-bond donors (Lipinski definition) is 4. The average molecular weight is 340 g/mol. The molecule has 0 bridgehead atoms. The van der Waals surface area contributed by atoms with Crippen LogP contribution in [0.15, 0.2) is 48.5 Å². The van der Waals surface area contributed by atoms with E-state index >= 15 is 0 Å². The summed E-state index contributed by atoms with van der Waals surface area (Å²) in [4.78, 5) is 24.4. The number of carbonyl (C=O) groups excluding carboxylic acids is 2. The van der Waals surface area contributed by atoms with E-state index in [2.05, 4.69) is 10.6 Å². The normalized spacial score (nSPS) is 11.0. The maximum Gasteiger partial charge on any atom is 0.253 e. The third-order valence-corrected chi connectivity index (χ3v) is 3.87. The fourth-order valence-corrected chi connectivity index (χ4v) is 2.30. The molecule has 0 aromatic heterocycles. The second kappa shape index (κ2) is 7.70. The highest BCUT2D eigenvalue weighted by atomic mass is 16.2. The Bertz CT molecular complexity index is 708. The monoisotopic (exact) mass is 340 g/mol. The summed E-state index contributed by atoms with van der Waals surface area (Å²) in [5, 5.41) is 5.72. The second-order valence-electron chi connectivity index (χ2n) is 6.70. The third kappa shape index (κ3) is 4.97. The van der Waals surface area contributed by atoms with Crippen molar-refractivity contribution in [2.75, 3.05) is 24.6 Å². The molecule has 6 N–H and O–H groups in total. The molecule has 25 heavy (non-hydrogen) atoms. The number of nitrogen functional groups attached to an aromatic ring is 2. The molecule has 6 nitrogen and oxygen atoms in total. The average Bonchev–Trinajstić information content (AvgIpc) is 2.59. The SMILES string of the molecule is CC(C)(CNC(=O)c1ccccc1N)CNC(=O)c1ccccc1N. The summed E-state index contributed by atoms with van der Waals surface area (Å²) in [7, 11) is 0. The molecule has 0 saturated carbocycles. The molecular formula is C19H24N4O2. The highest BCUT2D eigenvalue weighted by Crippen LogP contribution is 2.16. The molecule has 0 radical (unpaired) electrons. The Morgan fingerprint density at radius 2 is 1.16 bits per heavy atom. The Morgan fingerprint density at radius 1 is 0.800 bits per heavy atom. The van der Waals surface area contributed by atoms with Gasteiger partial charge >= 0.3 is 0 Å². The first-order valence-electron chi connectivity index (χ1n) is 8.05. The van der Waals surface area contributed by atoms with E-state index in [1.807, 2.05) is 13.8 Å². The summed E-state index contributed by atoms with van der Waals surface area (Å²) in [6, 6.07) is 13.8. The smallest absolute Gasteiger partial charge is 0.253 e. The highest BCUT2D eigenvalue weighted by Gasteiger charge is 2.21. The molecule has 0 spiro atoms. The van der Waals surface area contributed by atoms with E-state index < -0.39 is 0 Å². The maximum absolute atomic E-state index is 12.2. The number of amides is 2. The summed E-state index contributed by atoms with van der Waals surface area (Å²) in [5.41, 5.74) is 13.0. The minimum atomic E-state index is -0.335. The van der Waals surface area contributed by atoms with Gasteiger partial charge in [-0.2, -0.15) is 0 Å². The van der Waals surface area contributed by atoms with Gasteiger partial charge in [0.2, 0.25) is 0 Å². The standard InChI is InChI=1S/C19H24N4O2/c1-19(2,11-22-17(24)13-7-3-5-9-15(13)20)12-23-18(25)14-8-4-6-10-16(14)21/h3-10H,11-12,20-21H2,1-2H3,(H,22,24)(H,23,25). The van der Waals surface area contributed by atoms with Crippen molar-refractivity contribution in [1.29, 1.82) is 0 Å². The van der Waals surface area contributed by atoms with Crippen LogP contribution in [0.25, 0.3) is 0 Å². The first-order chi connectivity index (χ1) is 11.8. The Labute approximate surface area is 147 Å². The van der Waals surface area contributed by atoms with Gasteiger partial charge in [0.1, 0.15) is 0 Å². The largest absolute Gasteiger partial charge is 0.398 e. The summed E-state index contributed by atoms with van der Waals surface area (Å²) in [6.07, 6.45) is 0. The zero-order chi connectivity index (χ0) is 18.4. The maximum atomic E-state index is 12.2. The van der Waals surface area contributed by atoms with Crippen molar-refractivity contribution < 1.29 is 9.59 Å². The van der Waals surface area contributed by atoms with Crippen LogP contribution in [0, 0.1) is 5.41 Å². The summed E-state index contributed by atoms with van der Waals surface area (Å²) in [5.74, 6) is -0.463. The van der Waals surface area contributed by atoms with E-state index in [1.54, 1.807) is 48.5 Å². The lowest BCUT2D eigenvalue weighted by molar-refractivity contribution is 0.0921.